The van der Waals surface area contributed by atoms with Crippen molar-refractivity contribution >= 4 is 5.91 Å². The van der Waals surface area contributed by atoms with Crippen LogP contribution in [0.4, 0.5) is 4.39 Å². The molecule has 0 aromatic heterocycles. The van der Waals surface area contributed by atoms with Gasteiger partial charge in [0.15, 0.2) is 6.29 Å². The molecular weight excluding hydrogens is 309 g/mol. The number of carbonyl (C=O) groups is 1. The number of benzene rings is 1. The average molecular weight is 333 g/mol. The van der Waals surface area contributed by atoms with Crippen LogP contribution in [0.15, 0.2) is 24.3 Å². The Morgan fingerprint density at radius 3 is 2.25 bits per heavy atom. The molecule has 1 aromatic carbocycles. The Kier molecular flexibility index (Phi) is 4.31. The average Bonchev–Trinajstić information content (AvgIpc) is 3.10. The molecule has 1 aliphatic carbocycles. The minimum absolute atomic E-state index is 0.0861. The lowest BCUT2D eigenvalue weighted by molar-refractivity contribution is -0.146. The number of carbonyl (C=O) groups excluding carboxylic acids is 1. The zero-order valence-electron chi connectivity index (χ0n) is 13.9. The van der Waals surface area contributed by atoms with Crippen LogP contribution in [-0.4, -0.2) is 43.4 Å². The predicted octanol–water partition coefficient (Wildman–Crippen LogP) is 2.86. The van der Waals surface area contributed by atoms with E-state index in [9.17, 15) is 9.18 Å². The van der Waals surface area contributed by atoms with Gasteiger partial charge in [0, 0.05) is 19.0 Å². The Morgan fingerprint density at radius 1 is 1.08 bits per heavy atom. The van der Waals surface area contributed by atoms with E-state index in [0.717, 1.165) is 50.8 Å². The Morgan fingerprint density at radius 2 is 1.71 bits per heavy atom. The van der Waals surface area contributed by atoms with E-state index >= 15 is 0 Å². The Labute approximate surface area is 141 Å². The van der Waals surface area contributed by atoms with E-state index in [1.54, 1.807) is 12.1 Å². The van der Waals surface area contributed by atoms with Gasteiger partial charge in [0.2, 0.25) is 5.91 Å². The van der Waals surface area contributed by atoms with Crippen molar-refractivity contribution in [3.63, 3.8) is 0 Å². The lowest BCUT2D eigenvalue weighted by atomic mass is 9.63. The lowest BCUT2D eigenvalue weighted by Gasteiger charge is -2.46. The maximum Gasteiger partial charge on any atom is 0.233 e. The number of amides is 1. The number of ether oxygens (including phenoxy) is 2. The zero-order valence-corrected chi connectivity index (χ0v) is 13.9. The summed E-state index contributed by atoms with van der Waals surface area (Å²) in [6, 6.07) is 6.48. The van der Waals surface area contributed by atoms with Crippen molar-refractivity contribution in [3.8, 4) is 0 Å². The molecule has 24 heavy (non-hydrogen) atoms. The molecule has 3 fully saturated rings. The topological polar surface area (TPSA) is 38.8 Å². The van der Waals surface area contributed by atoms with Gasteiger partial charge in [-0.3, -0.25) is 4.79 Å². The number of piperidine rings is 1. The fourth-order valence-corrected chi connectivity index (χ4v) is 4.25. The molecule has 1 amide bonds. The van der Waals surface area contributed by atoms with Gasteiger partial charge in [-0.2, -0.15) is 0 Å². The first kappa shape index (κ1) is 16.0. The van der Waals surface area contributed by atoms with Gasteiger partial charge in [-0.25, -0.2) is 4.39 Å². The minimum atomic E-state index is -0.430. The van der Waals surface area contributed by atoms with Crippen molar-refractivity contribution in [2.24, 2.45) is 5.92 Å². The molecule has 2 saturated heterocycles. The van der Waals surface area contributed by atoms with Crippen LogP contribution >= 0.6 is 0 Å². The van der Waals surface area contributed by atoms with E-state index in [2.05, 4.69) is 0 Å². The number of halogens is 1. The third-order valence-electron chi connectivity index (χ3n) is 5.87. The third-order valence-corrected chi connectivity index (χ3v) is 5.87. The summed E-state index contributed by atoms with van der Waals surface area (Å²) in [5, 5.41) is 0. The fraction of sp³-hybridized carbons (Fsp3) is 0.632. The van der Waals surface area contributed by atoms with Gasteiger partial charge in [0.1, 0.15) is 5.82 Å². The summed E-state index contributed by atoms with van der Waals surface area (Å²) < 4.78 is 24.4. The summed E-state index contributed by atoms with van der Waals surface area (Å²) in [5.74, 6) is 0.352. The van der Waals surface area contributed by atoms with Crippen molar-refractivity contribution in [3.05, 3.63) is 35.6 Å². The summed E-state index contributed by atoms with van der Waals surface area (Å²) in [7, 11) is 0. The van der Waals surface area contributed by atoms with E-state index in [4.69, 9.17) is 9.47 Å². The third kappa shape index (κ3) is 2.74. The van der Waals surface area contributed by atoms with Gasteiger partial charge in [0.05, 0.1) is 18.6 Å². The van der Waals surface area contributed by atoms with Gasteiger partial charge in [-0.1, -0.05) is 18.6 Å². The molecular formula is C19H24FNO3. The maximum absolute atomic E-state index is 13.2. The lowest BCUT2D eigenvalue weighted by Crippen LogP contribution is -2.53. The molecule has 0 bridgehead atoms. The molecule has 5 heteroatoms. The predicted molar refractivity (Wildman–Crippen MR) is 86.9 cm³/mol. The number of rotatable bonds is 3. The van der Waals surface area contributed by atoms with Crippen LogP contribution in [0.2, 0.25) is 0 Å². The molecule has 130 valence electrons. The van der Waals surface area contributed by atoms with Crippen molar-refractivity contribution in [1.82, 2.24) is 4.90 Å². The summed E-state index contributed by atoms with van der Waals surface area (Å²) in [6.07, 6.45) is 4.56. The first-order chi connectivity index (χ1) is 11.7. The highest BCUT2D eigenvalue weighted by Crippen LogP contribution is 2.45. The SMILES string of the molecule is O=C(N1CCC(C2OCCO2)CC1)C1(c2ccc(F)cc2)CCC1. The van der Waals surface area contributed by atoms with Crippen molar-refractivity contribution < 1.29 is 18.7 Å². The zero-order chi connectivity index (χ0) is 16.6. The van der Waals surface area contributed by atoms with E-state index < -0.39 is 5.41 Å². The quantitative estimate of drug-likeness (QED) is 0.854. The van der Waals surface area contributed by atoms with Crippen LogP contribution < -0.4 is 0 Å². The molecule has 1 aromatic rings. The molecule has 0 spiro atoms. The molecule has 0 N–H and O–H groups in total. The molecule has 3 aliphatic rings. The highest BCUT2D eigenvalue weighted by Gasteiger charge is 2.48. The van der Waals surface area contributed by atoms with Crippen LogP contribution in [0.3, 0.4) is 0 Å². The van der Waals surface area contributed by atoms with Gasteiger partial charge in [-0.05, 0) is 43.4 Å². The normalized spacial score (nSPS) is 24.8. The Balaban J connectivity index is 1.44. The van der Waals surface area contributed by atoms with Crippen LogP contribution in [0, 0.1) is 11.7 Å². The van der Waals surface area contributed by atoms with Crippen LogP contribution in [0.1, 0.15) is 37.7 Å². The highest BCUT2D eigenvalue weighted by atomic mass is 19.1. The summed E-state index contributed by atoms with van der Waals surface area (Å²) in [5.41, 5.74) is 0.533. The molecule has 2 heterocycles. The standard InChI is InChI=1S/C19H24FNO3/c20-16-4-2-15(3-5-16)19(8-1-9-19)18(22)21-10-6-14(7-11-21)17-23-12-13-24-17/h2-5,14,17H,1,6-13H2. The van der Waals surface area contributed by atoms with Crippen LogP contribution in [-0.2, 0) is 19.7 Å². The number of likely N-dealkylation sites (tertiary alicyclic amines) is 1. The second-order valence-corrected chi connectivity index (χ2v) is 7.18. The summed E-state index contributed by atoms with van der Waals surface area (Å²) >= 11 is 0. The van der Waals surface area contributed by atoms with Gasteiger partial charge < -0.3 is 14.4 Å². The second kappa shape index (κ2) is 6.45. The molecule has 0 atom stereocenters. The summed E-state index contributed by atoms with van der Waals surface area (Å²) in [6.45, 7) is 2.88. The molecule has 1 saturated carbocycles. The van der Waals surface area contributed by atoms with Crippen LogP contribution in [0.25, 0.3) is 0 Å². The summed E-state index contributed by atoms with van der Waals surface area (Å²) in [4.78, 5) is 15.2. The minimum Gasteiger partial charge on any atom is -0.350 e. The van der Waals surface area contributed by atoms with Crippen molar-refractivity contribution in [2.75, 3.05) is 26.3 Å². The Hall–Kier alpha value is -1.46. The number of hydrogen-bond acceptors (Lipinski definition) is 3. The molecule has 0 radical (unpaired) electrons. The van der Waals surface area contributed by atoms with E-state index in [1.807, 2.05) is 4.90 Å². The number of nitrogens with zero attached hydrogens (tertiary/aromatic N) is 1. The van der Waals surface area contributed by atoms with Crippen molar-refractivity contribution in [1.29, 1.82) is 0 Å². The van der Waals surface area contributed by atoms with Gasteiger partial charge in [0.25, 0.3) is 0 Å². The van der Waals surface area contributed by atoms with Crippen LogP contribution in [0.5, 0.6) is 0 Å². The fourth-order valence-electron chi connectivity index (χ4n) is 4.25. The largest absolute Gasteiger partial charge is 0.350 e. The molecule has 2 aliphatic heterocycles. The monoisotopic (exact) mass is 333 g/mol. The first-order valence-electron chi connectivity index (χ1n) is 8.98. The maximum atomic E-state index is 13.2. The highest BCUT2D eigenvalue weighted by molar-refractivity contribution is 5.89. The van der Waals surface area contributed by atoms with Gasteiger partial charge >= 0.3 is 0 Å². The smallest absolute Gasteiger partial charge is 0.233 e. The van der Waals surface area contributed by atoms with E-state index in [-0.39, 0.29) is 18.0 Å². The van der Waals surface area contributed by atoms with E-state index in [1.165, 1.54) is 12.1 Å². The molecule has 0 unspecified atom stereocenters. The molecule has 4 nitrogen and oxygen atoms in total. The van der Waals surface area contributed by atoms with Gasteiger partial charge in [-0.15, -0.1) is 0 Å². The molecule has 4 rings (SSSR count). The first-order valence-corrected chi connectivity index (χ1v) is 8.98. The van der Waals surface area contributed by atoms with E-state index in [0.29, 0.717) is 19.1 Å². The number of hydrogen-bond donors (Lipinski definition) is 0. The second-order valence-electron chi connectivity index (χ2n) is 7.18. The van der Waals surface area contributed by atoms with Crippen molar-refractivity contribution in [2.45, 2.75) is 43.8 Å². The Bertz CT molecular complexity index is 585.